The lowest BCUT2D eigenvalue weighted by atomic mass is 10.0. The van der Waals surface area contributed by atoms with Gasteiger partial charge in [-0.05, 0) is 42.1 Å². The van der Waals surface area contributed by atoms with Gasteiger partial charge in [-0.25, -0.2) is 9.67 Å². The fourth-order valence-electron chi connectivity index (χ4n) is 3.33. The first kappa shape index (κ1) is 14.8. The lowest BCUT2D eigenvalue weighted by Crippen LogP contribution is -2.01. The molecule has 0 fully saturated rings. The summed E-state index contributed by atoms with van der Waals surface area (Å²) in [6.45, 7) is 2.01. The van der Waals surface area contributed by atoms with Crippen molar-refractivity contribution in [2.24, 2.45) is 0 Å². The molecule has 5 rings (SSSR count). The Balaban J connectivity index is 1.60. The molecule has 4 heterocycles. The van der Waals surface area contributed by atoms with E-state index < -0.39 is 0 Å². The highest BCUT2D eigenvalue weighted by molar-refractivity contribution is 5.89. The van der Waals surface area contributed by atoms with Crippen LogP contribution in [0.25, 0.3) is 27.6 Å². The van der Waals surface area contributed by atoms with E-state index in [9.17, 15) is 0 Å². The molecule has 0 aliphatic heterocycles. The molecule has 0 saturated heterocycles. The van der Waals surface area contributed by atoms with Gasteiger partial charge in [-0.15, -0.1) is 0 Å². The number of pyridine rings is 2. The first-order valence-corrected chi connectivity index (χ1v) is 8.46. The van der Waals surface area contributed by atoms with Crippen molar-refractivity contribution in [1.29, 1.82) is 0 Å². The van der Waals surface area contributed by atoms with Crippen LogP contribution in [-0.2, 0) is 6.42 Å². The van der Waals surface area contributed by atoms with Crippen LogP contribution >= 0.6 is 0 Å². The fourth-order valence-corrected chi connectivity index (χ4v) is 3.33. The van der Waals surface area contributed by atoms with Gasteiger partial charge in [0.2, 0.25) is 0 Å². The number of hydrogen-bond acceptors (Lipinski definition) is 4. The summed E-state index contributed by atoms with van der Waals surface area (Å²) in [5.74, 6) is 0.852. The van der Waals surface area contributed by atoms with Gasteiger partial charge >= 0.3 is 0 Å². The van der Waals surface area contributed by atoms with Gasteiger partial charge in [0, 0.05) is 36.1 Å². The summed E-state index contributed by atoms with van der Waals surface area (Å²) in [5.41, 5.74) is 5.01. The Labute approximate surface area is 149 Å². The van der Waals surface area contributed by atoms with Crippen molar-refractivity contribution in [3.8, 4) is 5.82 Å². The Hall–Kier alpha value is -3.54. The predicted molar refractivity (Wildman–Crippen MR) is 100 cm³/mol. The molecular formula is C20H16N6. The van der Waals surface area contributed by atoms with E-state index in [2.05, 4.69) is 49.5 Å². The van der Waals surface area contributed by atoms with Gasteiger partial charge < -0.3 is 0 Å². The van der Waals surface area contributed by atoms with Crippen molar-refractivity contribution >= 4 is 21.8 Å². The SMILES string of the molecule is Cc1cc2cc(Cc3[nH]nc4cccnc34)ccc2c(-n2cccn2)n1. The van der Waals surface area contributed by atoms with E-state index in [-0.39, 0.29) is 0 Å². The second-order valence-electron chi connectivity index (χ2n) is 6.34. The van der Waals surface area contributed by atoms with Crippen LogP contribution in [0.1, 0.15) is 17.0 Å². The normalized spacial score (nSPS) is 11.4. The number of aromatic amines is 1. The minimum atomic E-state index is 0.752. The molecule has 4 aromatic heterocycles. The highest BCUT2D eigenvalue weighted by Crippen LogP contribution is 2.24. The van der Waals surface area contributed by atoms with Gasteiger partial charge in [-0.3, -0.25) is 10.1 Å². The van der Waals surface area contributed by atoms with Crippen LogP contribution in [-0.4, -0.2) is 29.9 Å². The van der Waals surface area contributed by atoms with E-state index >= 15 is 0 Å². The Morgan fingerprint density at radius 2 is 2.04 bits per heavy atom. The molecule has 0 amide bonds. The van der Waals surface area contributed by atoms with E-state index in [1.165, 1.54) is 5.56 Å². The molecule has 0 bridgehead atoms. The summed E-state index contributed by atoms with van der Waals surface area (Å²) in [6.07, 6.45) is 6.23. The Morgan fingerprint density at radius 1 is 1.08 bits per heavy atom. The third-order valence-electron chi connectivity index (χ3n) is 4.49. The minimum absolute atomic E-state index is 0.752. The molecule has 0 saturated carbocycles. The van der Waals surface area contributed by atoms with Crippen LogP contribution in [0.3, 0.4) is 0 Å². The smallest absolute Gasteiger partial charge is 0.161 e. The third-order valence-corrected chi connectivity index (χ3v) is 4.49. The minimum Gasteiger partial charge on any atom is -0.279 e. The van der Waals surface area contributed by atoms with Crippen molar-refractivity contribution in [1.82, 2.24) is 29.9 Å². The second kappa shape index (κ2) is 5.77. The average Bonchev–Trinajstić information content (AvgIpc) is 3.31. The van der Waals surface area contributed by atoms with Gasteiger partial charge in [-0.1, -0.05) is 18.2 Å². The van der Waals surface area contributed by atoms with Gasteiger partial charge in [-0.2, -0.15) is 10.2 Å². The monoisotopic (exact) mass is 340 g/mol. The molecule has 5 aromatic rings. The molecular weight excluding hydrogens is 324 g/mol. The predicted octanol–water partition coefficient (Wildman–Crippen LogP) is 3.59. The number of rotatable bonds is 3. The van der Waals surface area contributed by atoms with Crippen LogP contribution in [0.5, 0.6) is 0 Å². The van der Waals surface area contributed by atoms with Crippen LogP contribution in [0.15, 0.2) is 61.1 Å². The molecule has 26 heavy (non-hydrogen) atoms. The van der Waals surface area contributed by atoms with Crippen LogP contribution < -0.4 is 0 Å². The van der Waals surface area contributed by atoms with Crippen molar-refractivity contribution in [3.05, 3.63) is 78.0 Å². The number of fused-ring (bicyclic) bond motifs is 2. The van der Waals surface area contributed by atoms with Crippen molar-refractivity contribution < 1.29 is 0 Å². The van der Waals surface area contributed by atoms with E-state index in [1.54, 1.807) is 17.1 Å². The number of aryl methyl sites for hydroxylation is 1. The standard InChI is InChI=1S/C20H16N6/c1-13-10-15-11-14(12-18-19-17(24-25-18)4-2-7-21-19)5-6-16(15)20(23-13)26-9-3-8-22-26/h2-11H,12H2,1H3,(H,24,25). The highest BCUT2D eigenvalue weighted by Gasteiger charge is 2.10. The van der Waals surface area contributed by atoms with E-state index in [0.717, 1.165) is 45.4 Å². The first-order chi connectivity index (χ1) is 12.8. The van der Waals surface area contributed by atoms with E-state index in [0.29, 0.717) is 0 Å². The zero-order valence-corrected chi connectivity index (χ0v) is 14.2. The van der Waals surface area contributed by atoms with E-state index in [1.807, 2.05) is 31.3 Å². The summed E-state index contributed by atoms with van der Waals surface area (Å²) < 4.78 is 1.81. The zero-order chi connectivity index (χ0) is 17.5. The molecule has 0 unspecified atom stereocenters. The quantitative estimate of drug-likeness (QED) is 0.545. The Morgan fingerprint density at radius 3 is 2.92 bits per heavy atom. The van der Waals surface area contributed by atoms with Crippen LogP contribution in [0.2, 0.25) is 0 Å². The van der Waals surface area contributed by atoms with Gasteiger partial charge in [0.25, 0.3) is 0 Å². The number of nitrogens with zero attached hydrogens (tertiary/aromatic N) is 5. The summed E-state index contributed by atoms with van der Waals surface area (Å²) >= 11 is 0. The zero-order valence-electron chi connectivity index (χ0n) is 14.2. The topological polar surface area (TPSA) is 72.3 Å². The van der Waals surface area contributed by atoms with E-state index in [4.69, 9.17) is 0 Å². The lowest BCUT2D eigenvalue weighted by Gasteiger charge is -2.09. The fraction of sp³-hybridized carbons (Fsp3) is 0.100. The molecule has 0 spiro atoms. The maximum absolute atomic E-state index is 4.66. The molecule has 1 aromatic carbocycles. The summed E-state index contributed by atoms with van der Waals surface area (Å²) in [5, 5.41) is 14.0. The molecule has 126 valence electrons. The van der Waals surface area contributed by atoms with Gasteiger partial charge in [0.05, 0.1) is 5.69 Å². The molecule has 0 aliphatic rings. The molecule has 0 atom stereocenters. The van der Waals surface area contributed by atoms with Gasteiger partial charge in [0.15, 0.2) is 5.82 Å². The number of hydrogen-bond donors (Lipinski definition) is 1. The first-order valence-electron chi connectivity index (χ1n) is 8.46. The van der Waals surface area contributed by atoms with Gasteiger partial charge in [0.1, 0.15) is 11.0 Å². The van der Waals surface area contributed by atoms with Crippen molar-refractivity contribution in [3.63, 3.8) is 0 Å². The average molecular weight is 340 g/mol. The molecule has 0 aliphatic carbocycles. The number of nitrogens with one attached hydrogen (secondary N) is 1. The lowest BCUT2D eigenvalue weighted by molar-refractivity contribution is 0.850. The molecule has 0 radical (unpaired) electrons. The summed E-state index contributed by atoms with van der Waals surface area (Å²) in [4.78, 5) is 9.11. The number of aromatic nitrogens is 6. The van der Waals surface area contributed by atoms with Crippen LogP contribution in [0, 0.1) is 6.92 Å². The number of H-pyrrole nitrogens is 1. The molecule has 6 heteroatoms. The summed E-state index contributed by atoms with van der Waals surface area (Å²) in [7, 11) is 0. The van der Waals surface area contributed by atoms with Crippen molar-refractivity contribution in [2.45, 2.75) is 13.3 Å². The maximum Gasteiger partial charge on any atom is 0.161 e. The second-order valence-corrected chi connectivity index (χ2v) is 6.34. The van der Waals surface area contributed by atoms with Crippen LogP contribution in [0.4, 0.5) is 0 Å². The highest BCUT2D eigenvalue weighted by atomic mass is 15.3. The summed E-state index contributed by atoms with van der Waals surface area (Å²) in [6, 6.07) is 14.3. The largest absolute Gasteiger partial charge is 0.279 e. The van der Waals surface area contributed by atoms with Crippen molar-refractivity contribution in [2.75, 3.05) is 0 Å². The molecule has 6 nitrogen and oxygen atoms in total. The third kappa shape index (κ3) is 2.43. The maximum atomic E-state index is 4.66. The Kier molecular flexibility index (Phi) is 3.28. The molecule has 1 N–H and O–H groups in total. The number of benzene rings is 1. The Bertz CT molecular complexity index is 1220.